The zero-order chi connectivity index (χ0) is 20.3. The number of nitrogens with zero attached hydrogens (tertiary/aromatic N) is 1. The van der Waals surface area contributed by atoms with Crippen molar-refractivity contribution in [3.05, 3.63) is 65.6 Å². The molecule has 0 fully saturated rings. The second-order valence-electron chi connectivity index (χ2n) is 6.47. The molecule has 6 nitrogen and oxygen atoms in total. The third kappa shape index (κ3) is 4.16. The molecular weight excluding hydrogens is 370 g/mol. The Kier molecular flexibility index (Phi) is 5.67. The largest absolute Gasteiger partial charge is 0.454 e. The maximum Gasteiger partial charge on any atom is 0.329 e. The van der Waals surface area contributed by atoms with Crippen LogP contribution >= 0.6 is 0 Å². The molecule has 28 heavy (non-hydrogen) atoms. The van der Waals surface area contributed by atoms with Crippen molar-refractivity contribution >= 4 is 23.0 Å². The summed E-state index contributed by atoms with van der Waals surface area (Å²) in [6.45, 7) is 3.10. The molecule has 146 valence electrons. The summed E-state index contributed by atoms with van der Waals surface area (Å²) in [6.07, 6.45) is 0. The average molecular weight is 388 g/mol. The van der Waals surface area contributed by atoms with Gasteiger partial charge in [-0.05, 0) is 30.2 Å². The number of esters is 1. The van der Waals surface area contributed by atoms with E-state index >= 15 is 0 Å². The predicted octanol–water partition coefficient (Wildman–Crippen LogP) is 3.60. The number of ether oxygens (including phenoxy) is 1. The standard InChI is InChI=1S/C20H18F2N2O4/c1-11(2)18(24-19(25)17-12(21)6-5-7-13(17)22)20(26)27-10-16-23-14-8-3-4-9-15(14)28-16/h3-9,11,18H,10H2,1-2H3,(H,24,25). The number of rotatable bonds is 6. The maximum atomic E-state index is 13.8. The van der Waals surface area contributed by atoms with E-state index in [0.717, 1.165) is 18.2 Å². The number of halogens is 2. The highest BCUT2D eigenvalue weighted by molar-refractivity contribution is 5.97. The molecule has 1 N–H and O–H groups in total. The van der Waals surface area contributed by atoms with Crippen LogP contribution in [0.15, 0.2) is 46.9 Å². The molecule has 0 aliphatic rings. The quantitative estimate of drug-likeness (QED) is 0.653. The van der Waals surface area contributed by atoms with E-state index in [-0.39, 0.29) is 18.4 Å². The molecule has 2 aromatic carbocycles. The van der Waals surface area contributed by atoms with Gasteiger partial charge in [-0.1, -0.05) is 32.0 Å². The van der Waals surface area contributed by atoms with Crippen LogP contribution in [0.25, 0.3) is 11.1 Å². The molecule has 1 atom stereocenters. The molecule has 1 amide bonds. The Morgan fingerprint density at radius 2 is 1.79 bits per heavy atom. The van der Waals surface area contributed by atoms with Crippen molar-refractivity contribution in [1.29, 1.82) is 0 Å². The second-order valence-corrected chi connectivity index (χ2v) is 6.47. The first kappa shape index (κ1) is 19.5. The number of nitrogens with one attached hydrogen (secondary N) is 1. The highest BCUT2D eigenvalue weighted by Gasteiger charge is 2.28. The molecular formula is C20H18F2N2O4. The smallest absolute Gasteiger partial charge is 0.329 e. The number of hydrogen-bond acceptors (Lipinski definition) is 5. The van der Waals surface area contributed by atoms with E-state index in [4.69, 9.17) is 9.15 Å². The van der Waals surface area contributed by atoms with Crippen LogP contribution in [-0.4, -0.2) is 22.9 Å². The summed E-state index contributed by atoms with van der Waals surface area (Å²) in [6, 6.07) is 9.05. The van der Waals surface area contributed by atoms with Gasteiger partial charge in [-0.25, -0.2) is 18.6 Å². The lowest BCUT2D eigenvalue weighted by Gasteiger charge is -2.20. The maximum absolute atomic E-state index is 13.8. The molecule has 8 heteroatoms. The first-order valence-corrected chi connectivity index (χ1v) is 8.62. The molecule has 0 bridgehead atoms. The van der Waals surface area contributed by atoms with Crippen LogP contribution in [0.2, 0.25) is 0 Å². The van der Waals surface area contributed by atoms with E-state index in [1.165, 1.54) is 0 Å². The van der Waals surface area contributed by atoms with Crippen LogP contribution in [0.4, 0.5) is 8.78 Å². The van der Waals surface area contributed by atoms with E-state index < -0.39 is 35.1 Å². The number of benzene rings is 2. The lowest BCUT2D eigenvalue weighted by molar-refractivity contribution is -0.149. The zero-order valence-corrected chi connectivity index (χ0v) is 15.2. The average Bonchev–Trinajstić information content (AvgIpc) is 3.06. The van der Waals surface area contributed by atoms with Crippen molar-refractivity contribution in [3.8, 4) is 0 Å². The predicted molar refractivity (Wildman–Crippen MR) is 96.3 cm³/mol. The first-order chi connectivity index (χ1) is 13.4. The van der Waals surface area contributed by atoms with Gasteiger partial charge in [-0.2, -0.15) is 0 Å². The molecule has 0 aliphatic carbocycles. The van der Waals surface area contributed by atoms with Crippen LogP contribution in [0.5, 0.6) is 0 Å². The molecule has 1 heterocycles. The van der Waals surface area contributed by atoms with Gasteiger partial charge in [-0.3, -0.25) is 4.79 Å². The van der Waals surface area contributed by atoms with Gasteiger partial charge in [0.2, 0.25) is 5.89 Å². The summed E-state index contributed by atoms with van der Waals surface area (Å²) in [5.74, 6) is -4.01. The summed E-state index contributed by atoms with van der Waals surface area (Å²) in [5.41, 5.74) is 0.425. The number of oxazole rings is 1. The number of amides is 1. The number of hydrogen-bond donors (Lipinski definition) is 1. The third-order valence-corrected chi connectivity index (χ3v) is 4.07. The minimum absolute atomic E-state index is 0.198. The van der Waals surface area contributed by atoms with Gasteiger partial charge in [0.05, 0.1) is 0 Å². The Bertz CT molecular complexity index is 963. The number of fused-ring (bicyclic) bond motifs is 1. The Morgan fingerprint density at radius 1 is 1.11 bits per heavy atom. The normalized spacial score (nSPS) is 12.2. The summed E-state index contributed by atoms with van der Waals surface area (Å²) >= 11 is 0. The van der Waals surface area contributed by atoms with Crippen molar-refractivity contribution in [2.75, 3.05) is 0 Å². The fraction of sp³-hybridized carbons (Fsp3) is 0.250. The van der Waals surface area contributed by atoms with Crippen LogP contribution in [-0.2, 0) is 16.1 Å². The molecule has 1 unspecified atom stereocenters. The van der Waals surface area contributed by atoms with Crippen molar-refractivity contribution in [2.24, 2.45) is 5.92 Å². The number of aromatic nitrogens is 1. The molecule has 1 aromatic heterocycles. The monoisotopic (exact) mass is 388 g/mol. The molecule has 3 aromatic rings. The SMILES string of the molecule is CC(C)C(NC(=O)c1c(F)cccc1F)C(=O)OCc1nc2ccccc2o1. The summed E-state index contributed by atoms with van der Waals surface area (Å²) < 4.78 is 38.2. The number of para-hydroxylation sites is 2. The van der Waals surface area contributed by atoms with Crippen LogP contribution in [0.1, 0.15) is 30.1 Å². The van der Waals surface area contributed by atoms with Crippen molar-refractivity contribution in [1.82, 2.24) is 10.3 Å². The van der Waals surface area contributed by atoms with Gasteiger partial charge in [0.15, 0.2) is 12.2 Å². The van der Waals surface area contributed by atoms with Gasteiger partial charge in [-0.15, -0.1) is 0 Å². The third-order valence-electron chi connectivity index (χ3n) is 4.07. The van der Waals surface area contributed by atoms with Crippen molar-refractivity contribution in [2.45, 2.75) is 26.5 Å². The van der Waals surface area contributed by atoms with Gasteiger partial charge in [0, 0.05) is 0 Å². The Morgan fingerprint density at radius 3 is 2.43 bits per heavy atom. The van der Waals surface area contributed by atoms with Gasteiger partial charge in [0.25, 0.3) is 5.91 Å². The lowest BCUT2D eigenvalue weighted by atomic mass is 10.0. The van der Waals surface area contributed by atoms with E-state index in [1.807, 2.05) is 0 Å². The van der Waals surface area contributed by atoms with E-state index in [1.54, 1.807) is 38.1 Å². The van der Waals surface area contributed by atoms with E-state index in [2.05, 4.69) is 10.3 Å². The Hall–Kier alpha value is -3.29. The molecule has 0 spiro atoms. The minimum Gasteiger partial charge on any atom is -0.454 e. The molecule has 0 radical (unpaired) electrons. The van der Waals surface area contributed by atoms with E-state index in [0.29, 0.717) is 11.1 Å². The molecule has 3 rings (SSSR count). The summed E-state index contributed by atoms with van der Waals surface area (Å²) in [7, 11) is 0. The Labute approximate surface area is 159 Å². The van der Waals surface area contributed by atoms with Crippen molar-refractivity contribution < 1.29 is 27.5 Å². The highest BCUT2D eigenvalue weighted by Crippen LogP contribution is 2.17. The van der Waals surface area contributed by atoms with Crippen LogP contribution in [0.3, 0.4) is 0 Å². The molecule has 0 saturated heterocycles. The summed E-state index contributed by atoms with van der Waals surface area (Å²) in [5, 5.41) is 2.33. The highest BCUT2D eigenvalue weighted by atomic mass is 19.1. The Balaban J connectivity index is 1.69. The lowest BCUT2D eigenvalue weighted by Crippen LogP contribution is -2.45. The topological polar surface area (TPSA) is 81.4 Å². The molecule has 0 saturated carbocycles. The van der Waals surface area contributed by atoms with E-state index in [9.17, 15) is 18.4 Å². The number of carbonyl (C=O) groups is 2. The summed E-state index contributed by atoms with van der Waals surface area (Å²) in [4.78, 5) is 28.9. The molecule has 0 aliphatic heterocycles. The second kappa shape index (κ2) is 8.16. The fourth-order valence-electron chi connectivity index (χ4n) is 2.63. The minimum atomic E-state index is -1.10. The van der Waals surface area contributed by atoms with Crippen LogP contribution < -0.4 is 5.32 Å². The fourth-order valence-corrected chi connectivity index (χ4v) is 2.63. The van der Waals surface area contributed by atoms with Crippen molar-refractivity contribution in [3.63, 3.8) is 0 Å². The number of carbonyl (C=O) groups excluding carboxylic acids is 2. The first-order valence-electron chi connectivity index (χ1n) is 8.62. The zero-order valence-electron chi connectivity index (χ0n) is 15.2. The van der Waals surface area contributed by atoms with Crippen LogP contribution in [0, 0.1) is 17.6 Å². The van der Waals surface area contributed by atoms with Gasteiger partial charge >= 0.3 is 5.97 Å². The van der Waals surface area contributed by atoms with Gasteiger partial charge < -0.3 is 14.5 Å². The van der Waals surface area contributed by atoms with Gasteiger partial charge in [0.1, 0.15) is 28.8 Å².